The Morgan fingerprint density at radius 2 is 2.29 bits per heavy atom. The molecular formula is C9H7N3O2. The monoisotopic (exact) mass is 189 g/mol. The highest BCUT2D eigenvalue weighted by molar-refractivity contribution is 5.89. The molecule has 0 N–H and O–H groups in total. The molecule has 0 aromatic carbocycles. The highest BCUT2D eigenvalue weighted by Gasteiger charge is 2.11. The maximum absolute atomic E-state index is 10.9. The molecule has 0 aliphatic carbocycles. The smallest absolute Gasteiger partial charge is 0.283 e. The number of hydrogen-bond donors (Lipinski definition) is 0. The largest absolute Gasteiger partial charge is 0.414 e. The lowest BCUT2D eigenvalue weighted by Crippen LogP contribution is -1.90. The Hall–Kier alpha value is -2.04. The van der Waals surface area contributed by atoms with E-state index in [0.717, 1.165) is 0 Å². The van der Waals surface area contributed by atoms with E-state index < -0.39 is 0 Å². The lowest BCUT2D eigenvalue weighted by molar-refractivity contribution is 0.0981. The van der Waals surface area contributed by atoms with Crippen LogP contribution < -0.4 is 0 Å². The van der Waals surface area contributed by atoms with Gasteiger partial charge < -0.3 is 4.42 Å². The number of aromatic nitrogens is 3. The summed E-state index contributed by atoms with van der Waals surface area (Å²) in [6, 6.07) is 3.54. The molecule has 0 bridgehead atoms. The molecule has 2 rings (SSSR count). The summed E-state index contributed by atoms with van der Waals surface area (Å²) in [4.78, 5) is 14.8. The van der Waals surface area contributed by atoms with Gasteiger partial charge in [-0.05, 0) is 12.1 Å². The van der Waals surface area contributed by atoms with E-state index in [4.69, 9.17) is 4.42 Å². The Bertz CT molecular complexity index is 450. The van der Waals surface area contributed by atoms with Gasteiger partial charge in [0, 0.05) is 19.3 Å². The summed E-state index contributed by atoms with van der Waals surface area (Å²) in [5, 5.41) is 7.33. The third-order valence-corrected chi connectivity index (χ3v) is 1.63. The van der Waals surface area contributed by atoms with Gasteiger partial charge in [0.15, 0.2) is 0 Å². The van der Waals surface area contributed by atoms with E-state index in [1.54, 1.807) is 24.5 Å². The first-order chi connectivity index (χ1) is 6.77. The molecule has 0 fully saturated rings. The van der Waals surface area contributed by atoms with E-state index in [2.05, 4.69) is 15.2 Å². The van der Waals surface area contributed by atoms with Crippen LogP contribution in [0.2, 0.25) is 0 Å². The van der Waals surface area contributed by atoms with Crippen LogP contribution in [0.15, 0.2) is 28.9 Å². The van der Waals surface area contributed by atoms with Gasteiger partial charge in [0.1, 0.15) is 0 Å². The predicted molar refractivity (Wildman–Crippen MR) is 47.5 cm³/mol. The van der Waals surface area contributed by atoms with E-state index in [0.29, 0.717) is 11.5 Å². The van der Waals surface area contributed by atoms with Gasteiger partial charge in [-0.3, -0.25) is 9.78 Å². The number of Topliss-reactive ketones (excluding diaryl/α,β-unsaturated/α-hetero) is 1. The molecule has 0 atom stereocenters. The fourth-order valence-corrected chi connectivity index (χ4v) is 0.971. The average Bonchev–Trinajstić information content (AvgIpc) is 2.68. The van der Waals surface area contributed by atoms with Crippen LogP contribution in [0.4, 0.5) is 0 Å². The van der Waals surface area contributed by atoms with Gasteiger partial charge >= 0.3 is 0 Å². The van der Waals surface area contributed by atoms with Crippen LogP contribution in [0.25, 0.3) is 11.5 Å². The average molecular weight is 189 g/mol. The van der Waals surface area contributed by atoms with Crippen molar-refractivity contribution >= 4 is 5.78 Å². The van der Waals surface area contributed by atoms with Crippen LogP contribution in [0.1, 0.15) is 17.6 Å². The van der Waals surface area contributed by atoms with E-state index in [-0.39, 0.29) is 11.7 Å². The van der Waals surface area contributed by atoms with E-state index in [1.165, 1.54) is 6.92 Å². The van der Waals surface area contributed by atoms with Gasteiger partial charge in [-0.15, -0.1) is 10.2 Å². The Morgan fingerprint density at radius 3 is 2.86 bits per heavy atom. The topological polar surface area (TPSA) is 68.9 Å². The fraction of sp³-hybridized carbons (Fsp3) is 0.111. The Morgan fingerprint density at radius 1 is 1.43 bits per heavy atom. The SMILES string of the molecule is CC(=O)c1nnc(-c2cccnc2)o1. The summed E-state index contributed by atoms with van der Waals surface area (Å²) >= 11 is 0. The van der Waals surface area contributed by atoms with E-state index in [9.17, 15) is 4.79 Å². The molecule has 0 spiro atoms. The molecule has 2 heterocycles. The van der Waals surface area contributed by atoms with Crippen LogP contribution in [0.5, 0.6) is 0 Å². The maximum Gasteiger partial charge on any atom is 0.283 e. The predicted octanol–water partition coefficient (Wildman–Crippen LogP) is 1.33. The summed E-state index contributed by atoms with van der Waals surface area (Å²) in [5.74, 6) is 0.0831. The summed E-state index contributed by atoms with van der Waals surface area (Å²) in [5.41, 5.74) is 0.701. The normalized spacial score (nSPS) is 10.1. The molecule has 0 saturated carbocycles. The molecule has 0 amide bonds. The van der Waals surface area contributed by atoms with Crippen LogP contribution in [-0.4, -0.2) is 21.0 Å². The second-order valence-electron chi connectivity index (χ2n) is 2.71. The molecule has 0 radical (unpaired) electrons. The molecule has 0 aliphatic heterocycles. The highest BCUT2D eigenvalue weighted by Crippen LogP contribution is 2.15. The zero-order valence-electron chi connectivity index (χ0n) is 7.47. The molecule has 5 heteroatoms. The van der Waals surface area contributed by atoms with Crippen molar-refractivity contribution in [3.05, 3.63) is 30.4 Å². The minimum atomic E-state index is -0.243. The Kier molecular flexibility index (Phi) is 2.06. The first-order valence-electron chi connectivity index (χ1n) is 4.02. The minimum Gasteiger partial charge on any atom is -0.414 e. The standard InChI is InChI=1S/C9H7N3O2/c1-6(13)8-11-12-9(14-8)7-3-2-4-10-5-7/h2-5H,1H3. The fourth-order valence-electron chi connectivity index (χ4n) is 0.971. The Labute approximate surface area is 79.8 Å². The zero-order chi connectivity index (χ0) is 9.97. The van der Waals surface area contributed by atoms with Gasteiger partial charge in [-0.1, -0.05) is 0 Å². The first-order valence-corrected chi connectivity index (χ1v) is 4.02. The second-order valence-corrected chi connectivity index (χ2v) is 2.71. The van der Waals surface area contributed by atoms with Crippen molar-refractivity contribution in [3.8, 4) is 11.5 Å². The van der Waals surface area contributed by atoms with Crippen molar-refractivity contribution in [2.24, 2.45) is 0 Å². The van der Waals surface area contributed by atoms with Gasteiger partial charge in [0.25, 0.3) is 5.89 Å². The summed E-state index contributed by atoms with van der Waals surface area (Å²) in [6.07, 6.45) is 3.24. The maximum atomic E-state index is 10.9. The molecule has 0 unspecified atom stereocenters. The van der Waals surface area contributed by atoms with Crippen molar-refractivity contribution in [3.63, 3.8) is 0 Å². The number of rotatable bonds is 2. The van der Waals surface area contributed by atoms with Crippen molar-refractivity contribution in [1.82, 2.24) is 15.2 Å². The second kappa shape index (κ2) is 3.37. The van der Waals surface area contributed by atoms with Crippen molar-refractivity contribution in [1.29, 1.82) is 0 Å². The molecule has 5 nitrogen and oxygen atoms in total. The number of nitrogens with zero attached hydrogens (tertiary/aromatic N) is 3. The number of pyridine rings is 1. The van der Waals surface area contributed by atoms with Gasteiger partial charge in [0.2, 0.25) is 11.7 Å². The van der Waals surface area contributed by atoms with Crippen molar-refractivity contribution in [2.45, 2.75) is 6.92 Å². The number of hydrogen-bond acceptors (Lipinski definition) is 5. The van der Waals surface area contributed by atoms with Gasteiger partial charge in [0.05, 0.1) is 5.56 Å². The zero-order valence-corrected chi connectivity index (χ0v) is 7.47. The summed E-state index contributed by atoms with van der Waals surface area (Å²) in [7, 11) is 0. The Balaban J connectivity index is 2.39. The quantitative estimate of drug-likeness (QED) is 0.666. The van der Waals surface area contributed by atoms with Crippen LogP contribution in [0.3, 0.4) is 0 Å². The minimum absolute atomic E-state index is 0.0175. The third-order valence-electron chi connectivity index (χ3n) is 1.63. The molecule has 0 aliphatic rings. The third kappa shape index (κ3) is 1.52. The van der Waals surface area contributed by atoms with Crippen LogP contribution in [0, 0.1) is 0 Å². The molecule has 2 aromatic rings. The van der Waals surface area contributed by atoms with Gasteiger partial charge in [-0.25, -0.2) is 0 Å². The van der Waals surface area contributed by atoms with Crippen LogP contribution in [-0.2, 0) is 0 Å². The number of carbonyl (C=O) groups is 1. The molecule has 14 heavy (non-hydrogen) atoms. The van der Waals surface area contributed by atoms with Crippen LogP contribution >= 0.6 is 0 Å². The van der Waals surface area contributed by atoms with Crippen molar-refractivity contribution < 1.29 is 9.21 Å². The van der Waals surface area contributed by atoms with E-state index in [1.807, 2.05) is 0 Å². The number of carbonyl (C=O) groups excluding carboxylic acids is 1. The van der Waals surface area contributed by atoms with Gasteiger partial charge in [-0.2, -0.15) is 0 Å². The lowest BCUT2D eigenvalue weighted by atomic mass is 10.3. The highest BCUT2D eigenvalue weighted by atomic mass is 16.4. The lowest BCUT2D eigenvalue weighted by Gasteiger charge is -1.90. The number of ketones is 1. The summed E-state index contributed by atoms with van der Waals surface area (Å²) in [6.45, 7) is 1.38. The summed E-state index contributed by atoms with van der Waals surface area (Å²) < 4.78 is 5.12. The molecule has 2 aromatic heterocycles. The molecular weight excluding hydrogens is 182 g/mol. The molecule has 0 saturated heterocycles. The first kappa shape index (κ1) is 8.55. The molecule has 70 valence electrons. The van der Waals surface area contributed by atoms with E-state index >= 15 is 0 Å². The van der Waals surface area contributed by atoms with Crippen molar-refractivity contribution in [2.75, 3.05) is 0 Å².